The zero-order chi connectivity index (χ0) is 56.4. The van der Waals surface area contributed by atoms with E-state index in [1.54, 1.807) is 0 Å². The second-order valence-corrected chi connectivity index (χ2v) is 23.6. The van der Waals surface area contributed by atoms with Crippen LogP contribution in [0.5, 0.6) is 0 Å². The maximum absolute atomic E-state index is 13.0. The lowest BCUT2D eigenvalue weighted by atomic mass is 10.0. The quantitative estimate of drug-likeness (QED) is 0.0207. The Kier molecular flexibility index (Phi) is 54.3. The van der Waals surface area contributed by atoms with E-state index in [-0.39, 0.29) is 18.9 Å². The van der Waals surface area contributed by atoms with E-state index < -0.39 is 32.7 Å². The van der Waals surface area contributed by atoms with Gasteiger partial charge >= 0.3 is 7.82 Å². The molecule has 0 aromatic rings. The first kappa shape index (κ1) is 74.1. The molecule has 0 aromatic heterocycles. The van der Waals surface area contributed by atoms with Crippen LogP contribution in [0.1, 0.15) is 251 Å². The van der Waals surface area contributed by atoms with Crippen molar-refractivity contribution in [1.29, 1.82) is 0 Å². The first-order valence-electron chi connectivity index (χ1n) is 31.3. The third-order valence-electron chi connectivity index (χ3n) is 13.6. The fourth-order valence-electron chi connectivity index (χ4n) is 8.69. The number of likely N-dealkylation sites (N-methyl/N-ethyl adjacent to an activating group) is 1. The van der Waals surface area contributed by atoms with E-state index >= 15 is 0 Å². The molecule has 77 heavy (non-hydrogen) atoms. The fourth-order valence-corrected chi connectivity index (χ4v) is 9.43. The number of aliphatic hydroxyl groups is 2. The van der Waals surface area contributed by atoms with Crippen molar-refractivity contribution < 1.29 is 38.0 Å². The molecule has 0 aromatic carbocycles. The van der Waals surface area contributed by atoms with Crippen LogP contribution < -0.4 is 5.32 Å². The smallest absolute Gasteiger partial charge is 0.390 e. The highest BCUT2D eigenvalue weighted by molar-refractivity contribution is 7.47. The second-order valence-electron chi connectivity index (χ2n) is 22.2. The first-order valence-corrected chi connectivity index (χ1v) is 32.8. The number of quaternary nitrogens is 1. The van der Waals surface area contributed by atoms with Crippen molar-refractivity contribution in [2.45, 2.75) is 270 Å². The maximum atomic E-state index is 13.0. The molecule has 10 heteroatoms. The molecule has 4 atom stereocenters. The number of allylic oxidation sites excluding steroid dienone is 18. The van der Waals surface area contributed by atoms with Crippen LogP contribution in [-0.4, -0.2) is 84.6 Å². The number of hydrogen-bond acceptors (Lipinski definition) is 6. The minimum Gasteiger partial charge on any atom is -0.390 e. The summed E-state index contributed by atoms with van der Waals surface area (Å²) in [6, 6.07) is -1.05. The van der Waals surface area contributed by atoms with Gasteiger partial charge in [0.25, 0.3) is 0 Å². The van der Waals surface area contributed by atoms with Gasteiger partial charge in [-0.05, 0) is 103 Å². The SMILES string of the molecule is CC/C=C\C/C=C\C/C=C\C/C=C\C/C=C\C/C=C\C/C=C\C/C=C\CCCCCCCCCCCCCCCCCCC(=O)NC(COP(=O)(O)OCC[N+](C)(C)C)C(O)C(O)CCC/C=C/CCCCCCCCC. The Balaban J connectivity index is 4.03. The molecule has 4 unspecified atom stereocenters. The summed E-state index contributed by atoms with van der Waals surface area (Å²) in [5, 5.41) is 24.8. The molecule has 0 aliphatic heterocycles. The number of nitrogens with zero attached hydrogens (tertiary/aromatic N) is 1. The number of rotatable bonds is 56. The van der Waals surface area contributed by atoms with E-state index in [9.17, 15) is 24.5 Å². The summed E-state index contributed by atoms with van der Waals surface area (Å²) >= 11 is 0. The molecular formula is C67H120N2O7P+. The second kappa shape index (κ2) is 56.4. The molecule has 0 bridgehead atoms. The van der Waals surface area contributed by atoms with Gasteiger partial charge in [0, 0.05) is 6.42 Å². The number of hydrogen-bond donors (Lipinski definition) is 4. The van der Waals surface area contributed by atoms with Gasteiger partial charge in [-0.3, -0.25) is 13.8 Å². The summed E-state index contributed by atoms with van der Waals surface area (Å²) in [7, 11) is 1.41. The standard InChI is InChI=1S/C67H119N2O7P/c1-6-8-10-12-14-16-18-20-21-22-23-24-25-26-27-28-29-30-31-32-33-34-35-36-37-38-39-40-41-42-43-44-45-46-47-48-50-52-54-56-58-60-66(71)68-64(63-76-77(73,74)75-62-61-69(3,4)5)67(72)65(70)59-57-55-53-51-49-19-17-15-13-11-9-7-2/h8,10,14,16,20-21,23-24,26-27,29-30,32-33,35-36,51,53,64-65,67,70,72H,6-7,9,11-13,15,17-19,22,25,28,31,34,37-50,52,54-63H2,1-5H3,(H-,68,71,73,74)/p+1/b10-8-,16-14-,21-20-,24-23-,27-26-,30-29-,33-32-,36-35-,53-51+. The molecule has 0 radical (unpaired) electrons. The van der Waals surface area contributed by atoms with Crippen molar-refractivity contribution in [2.24, 2.45) is 0 Å². The van der Waals surface area contributed by atoms with Gasteiger partial charge < -0.3 is 24.9 Å². The molecule has 0 saturated heterocycles. The molecular weight excluding hydrogens is 976 g/mol. The maximum Gasteiger partial charge on any atom is 0.472 e. The Morgan fingerprint density at radius 3 is 1.19 bits per heavy atom. The van der Waals surface area contributed by atoms with Crippen molar-refractivity contribution >= 4 is 13.7 Å². The number of phosphoric acid groups is 1. The molecule has 4 N–H and O–H groups in total. The highest BCUT2D eigenvalue weighted by Crippen LogP contribution is 2.43. The van der Waals surface area contributed by atoms with Crippen LogP contribution in [0.15, 0.2) is 109 Å². The van der Waals surface area contributed by atoms with Crippen LogP contribution in [0, 0.1) is 0 Å². The van der Waals surface area contributed by atoms with Crippen LogP contribution in [0.4, 0.5) is 0 Å². The summed E-state index contributed by atoms with van der Waals surface area (Å²) in [5.74, 6) is -0.270. The van der Waals surface area contributed by atoms with Gasteiger partial charge in [-0.1, -0.05) is 252 Å². The topological polar surface area (TPSA) is 125 Å². The normalized spacial score (nSPS) is 15.0. The highest BCUT2D eigenvalue weighted by Gasteiger charge is 2.32. The monoisotopic (exact) mass is 1100 g/mol. The highest BCUT2D eigenvalue weighted by atomic mass is 31.2. The average Bonchev–Trinajstić information content (AvgIpc) is 3.39. The van der Waals surface area contributed by atoms with Crippen LogP contribution >= 0.6 is 7.82 Å². The van der Waals surface area contributed by atoms with E-state index in [1.165, 1.54) is 128 Å². The third-order valence-corrected chi connectivity index (χ3v) is 14.6. The lowest BCUT2D eigenvalue weighted by Gasteiger charge is -2.28. The molecule has 0 spiro atoms. The van der Waals surface area contributed by atoms with Crippen LogP contribution in [-0.2, 0) is 18.4 Å². The lowest BCUT2D eigenvalue weighted by Crippen LogP contribution is -2.51. The van der Waals surface area contributed by atoms with Crippen LogP contribution in [0.25, 0.3) is 0 Å². The van der Waals surface area contributed by atoms with Gasteiger partial charge in [-0.15, -0.1) is 0 Å². The predicted molar refractivity (Wildman–Crippen MR) is 333 cm³/mol. The Morgan fingerprint density at radius 2 is 0.805 bits per heavy atom. The van der Waals surface area contributed by atoms with Crippen molar-refractivity contribution in [1.82, 2.24) is 5.32 Å². The van der Waals surface area contributed by atoms with E-state index in [1.807, 2.05) is 21.1 Å². The Morgan fingerprint density at radius 1 is 0.468 bits per heavy atom. The molecule has 9 nitrogen and oxygen atoms in total. The molecule has 0 saturated carbocycles. The summed E-state index contributed by atoms with van der Waals surface area (Å²) in [5.41, 5.74) is 0. The van der Waals surface area contributed by atoms with E-state index in [4.69, 9.17) is 9.05 Å². The zero-order valence-corrected chi connectivity index (χ0v) is 51.2. The van der Waals surface area contributed by atoms with Gasteiger partial charge in [-0.25, -0.2) is 4.57 Å². The first-order chi connectivity index (χ1) is 37.4. The number of aliphatic hydroxyl groups excluding tert-OH is 2. The van der Waals surface area contributed by atoms with Crippen molar-refractivity contribution in [3.8, 4) is 0 Å². The van der Waals surface area contributed by atoms with E-state index in [0.29, 0.717) is 23.9 Å². The van der Waals surface area contributed by atoms with Crippen molar-refractivity contribution in [2.75, 3.05) is 40.9 Å². The minimum atomic E-state index is -4.43. The zero-order valence-electron chi connectivity index (χ0n) is 50.3. The number of phosphoric ester groups is 1. The summed E-state index contributed by atoms with van der Waals surface area (Å²) in [4.78, 5) is 23.3. The Hall–Kier alpha value is -2.88. The molecule has 0 heterocycles. The van der Waals surface area contributed by atoms with Crippen LogP contribution in [0.2, 0.25) is 0 Å². The number of carbonyl (C=O) groups excluding carboxylic acids is 1. The number of unbranched alkanes of at least 4 members (excludes halogenated alkanes) is 24. The van der Waals surface area contributed by atoms with Crippen molar-refractivity contribution in [3.63, 3.8) is 0 Å². The van der Waals surface area contributed by atoms with Gasteiger partial charge in [0.1, 0.15) is 19.3 Å². The third kappa shape index (κ3) is 57.6. The summed E-state index contributed by atoms with van der Waals surface area (Å²) in [6.45, 7) is 4.46. The summed E-state index contributed by atoms with van der Waals surface area (Å²) in [6.07, 6.45) is 79.2. The fraction of sp³-hybridized carbons (Fsp3) is 0.716. The molecule has 0 aliphatic carbocycles. The Bertz CT molecular complexity index is 1640. The summed E-state index contributed by atoms with van der Waals surface area (Å²) < 4.78 is 23.6. The molecule has 1 amide bonds. The van der Waals surface area contributed by atoms with Gasteiger partial charge in [-0.2, -0.15) is 0 Å². The van der Waals surface area contributed by atoms with Crippen LogP contribution in [0.3, 0.4) is 0 Å². The van der Waals surface area contributed by atoms with E-state index in [0.717, 1.165) is 89.9 Å². The molecule has 0 aliphatic rings. The molecule has 0 rings (SSSR count). The van der Waals surface area contributed by atoms with Gasteiger partial charge in [0.15, 0.2) is 0 Å². The predicted octanol–water partition coefficient (Wildman–Crippen LogP) is 18.5. The lowest BCUT2D eigenvalue weighted by molar-refractivity contribution is -0.870. The number of carbonyl (C=O) groups is 1. The number of amides is 1. The largest absolute Gasteiger partial charge is 0.472 e. The van der Waals surface area contributed by atoms with E-state index in [2.05, 4.69) is 129 Å². The Labute approximate surface area is 474 Å². The van der Waals surface area contributed by atoms with Gasteiger partial charge in [0.05, 0.1) is 39.9 Å². The number of nitrogens with one attached hydrogen (secondary N) is 1. The molecule has 444 valence electrons. The van der Waals surface area contributed by atoms with Crippen molar-refractivity contribution in [3.05, 3.63) is 109 Å². The molecule has 0 fully saturated rings. The average molecular weight is 1100 g/mol. The van der Waals surface area contributed by atoms with Gasteiger partial charge in [0.2, 0.25) is 5.91 Å². The minimum absolute atomic E-state index is 0.0135.